The summed E-state index contributed by atoms with van der Waals surface area (Å²) in [6.07, 6.45) is 4.92. The summed E-state index contributed by atoms with van der Waals surface area (Å²) in [6.45, 7) is 8.24. The van der Waals surface area contributed by atoms with Crippen LogP contribution in [0, 0.1) is 0 Å². The van der Waals surface area contributed by atoms with Gasteiger partial charge in [0.15, 0.2) is 11.6 Å². The van der Waals surface area contributed by atoms with Gasteiger partial charge < -0.3 is 19.2 Å². The van der Waals surface area contributed by atoms with Gasteiger partial charge >= 0.3 is 0 Å². The monoisotopic (exact) mass is 387 g/mol. The number of nitrogens with one attached hydrogen (secondary N) is 1. The summed E-state index contributed by atoms with van der Waals surface area (Å²) >= 11 is 0. The molecule has 3 aromatic heterocycles. The zero-order valence-electron chi connectivity index (χ0n) is 16.1. The number of rotatable bonds is 5. The molecule has 3 aromatic rings. The van der Waals surface area contributed by atoms with E-state index in [0.717, 1.165) is 34.7 Å². The maximum atomic E-state index is 13.7. The number of hydrogen-bond acceptors (Lipinski definition) is 5. The SMILES string of the molecule is CCP(=O)(CC)c1cc(N2CCOC[C@H]2C)nn2c(-c3ccc[nH]3)ncc12. The molecule has 0 unspecified atom stereocenters. The van der Waals surface area contributed by atoms with Crippen molar-refractivity contribution < 1.29 is 9.30 Å². The van der Waals surface area contributed by atoms with Crippen LogP contribution >= 0.6 is 7.14 Å². The summed E-state index contributed by atoms with van der Waals surface area (Å²) in [5.74, 6) is 1.57. The average Bonchev–Trinajstić information content (AvgIpc) is 3.36. The van der Waals surface area contributed by atoms with Gasteiger partial charge in [0.2, 0.25) is 0 Å². The molecule has 0 bridgehead atoms. The van der Waals surface area contributed by atoms with Crippen molar-refractivity contribution in [2.45, 2.75) is 26.8 Å². The Morgan fingerprint density at radius 2 is 2.19 bits per heavy atom. The van der Waals surface area contributed by atoms with Crippen LogP contribution in [0.1, 0.15) is 20.8 Å². The van der Waals surface area contributed by atoms with Gasteiger partial charge in [0.05, 0.1) is 36.7 Å². The minimum Gasteiger partial charge on any atom is -0.377 e. The van der Waals surface area contributed by atoms with Crippen LogP contribution in [0.2, 0.25) is 0 Å². The number of morpholine rings is 1. The van der Waals surface area contributed by atoms with Gasteiger partial charge in [-0.05, 0) is 25.1 Å². The summed E-state index contributed by atoms with van der Waals surface area (Å²) in [6, 6.07) is 6.15. The largest absolute Gasteiger partial charge is 0.377 e. The second kappa shape index (κ2) is 7.13. The number of fused-ring (bicyclic) bond motifs is 1. The van der Waals surface area contributed by atoms with Gasteiger partial charge in [-0.25, -0.2) is 9.50 Å². The lowest BCUT2D eigenvalue weighted by molar-refractivity contribution is 0.0984. The quantitative estimate of drug-likeness (QED) is 0.681. The normalized spacial score (nSPS) is 18.3. The molecule has 27 heavy (non-hydrogen) atoms. The Morgan fingerprint density at radius 3 is 2.85 bits per heavy atom. The van der Waals surface area contributed by atoms with E-state index in [-0.39, 0.29) is 6.04 Å². The summed E-state index contributed by atoms with van der Waals surface area (Å²) in [5, 5.41) is 5.77. The molecule has 1 saturated heterocycles. The molecule has 4 heterocycles. The van der Waals surface area contributed by atoms with Crippen molar-refractivity contribution in [3.8, 4) is 11.5 Å². The molecular weight excluding hydrogens is 361 g/mol. The van der Waals surface area contributed by atoms with E-state index >= 15 is 0 Å². The van der Waals surface area contributed by atoms with Crippen LogP contribution in [-0.4, -0.2) is 57.7 Å². The third-order valence-corrected chi connectivity index (χ3v) is 8.71. The van der Waals surface area contributed by atoms with Crippen LogP contribution in [0.15, 0.2) is 30.6 Å². The Labute approximate surface area is 159 Å². The first-order chi connectivity index (χ1) is 13.1. The first-order valence-electron chi connectivity index (χ1n) is 9.53. The molecule has 1 atom stereocenters. The molecule has 0 aliphatic carbocycles. The van der Waals surface area contributed by atoms with E-state index in [9.17, 15) is 4.57 Å². The smallest absolute Gasteiger partial charge is 0.177 e. The Balaban J connectivity index is 1.96. The molecule has 1 aliphatic rings. The molecule has 0 amide bonds. The Morgan fingerprint density at radius 1 is 1.37 bits per heavy atom. The number of anilines is 1. The molecule has 7 nitrogen and oxygen atoms in total. The second-order valence-electron chi connectivity index (χ2n) is 6.99. The van der Waals surface area contributed by atoms with Gasteiger partial charge in [-0.1, -0.05) is 13.8 Å². The molecule has 1 aliphatic heterocycles. The molecule has 0 radical (unpaired) electrons. The third-order valence-electron chi connectivity index (χ3n) is 5.43. The lowest BCUT2D eigenvalue weighted by Crippen LogP contribution is -2.44. The Bertz CT molecular complexity index is 974. The van der Waals surface area contributed by atoms with Crippen molar-refractivity contribution in [3.63, 3.8) is 0 Å². The minimum atomic E-state index is -2.51. The van der Waals surface area contributed by atoms with Crippen molar-refractivity contribution in [2.24, 2.45) is 0 Å². The van der Waals surface area contributed by atoms with E-state index in [1.54, 1.807) is 6.20 Å². The molecule has 8 heteroatoms. The van der Waals surface area contributed by atoms with E-state index in [1.165, 1.54) is 0 Å². The third kappa shape index (κ3) is 3.09. The molecule has 0 saturated carbocycles. The predicted molar refractivity (Wildman–Crippen MR) is 109 cm³/mol. The van der Waals surface area contributed by atoms with Gasteiger partial charge in [0.25, 0.3) is 0 Å². The maximum absolute atomic E-state index is 13.7. The number of aromatic amines is 1. The van der Waals surface area contributed by atoms with Gasteiger partial charge in [-0.2, -0.15) is 0 Å². The zero-order valence-corrected chi connectivity index (χ0v) is 16.9. The van der Waals surface area contributed by atoms with E-state index in [0.29, 0.717) is 25.5 Å². The highest BCUT2D eigenvalue weighted by molar-refractivity contribution is 7.72. The number of aromatic nitrogens is 4. The summed E-state index contributed by atoms with van der Waals surface area (Å²) in [7, 11) is -2.51. The van der Waals surface area contributed by atoms with Crippen molar-refractivity contribution in [1.82, 2.24) is 19.6 Å². The maximum Gasteiger partial charge on any atom is 0.177 e. The number of hydrogen-bond donors (Lipinski definition) is 1. The fraction of sp³-hybridized carbons (Fsp3) is 0.474. The highest BCUT2D eigenvalue weighted by Crippen LogP contribution is 2.45. The topological polar surface area (TPSA) is 75.5 Å². The highest BCUT2D eigenvalue weighted by atomic mass is 31.2. The zero-order chi connectivity index (χ0) is 19.0. The van der Waals surface area contributed by atoms with Crippen LogP contribution in [0.5, 0.6) is 0 Å². The Hall–Kier alpha value is -2.11. The molecule has 1 N–H and O–H groups in total. The van der Waals surface area contributed by atoms with Crippen LogP contribution in [-0.2, 0) is 9.30 Å². The molecular formula is C19H26N5O2P. The standard InChI is InChI=1S/C19H26N5O2P/c1-4-27(25,5-2)17-11-18(23-9-10-26-13-14(23)3)22-24-16(17)12-21-19(24)15-7-6-8-20-15/h6-8,11-12,14,20H,4-5,9-10,13H2,1-3H3/t14-/m1/s1. The average molecular weight is 387 g/mol. The molecule has 0 spiro atoms. The van der Waals surface area contributed by atoms with Gasteiger partial charge in [0, 0.05) is 30.4 Å². The van der Waals surface area contributed by atoms with Crippen molar-refractivity contribution >= 4 is 23.8 Å². The first kappa shape index (κ1) is 18.3. The van der Waals surface area contributed by atoms with E-state index in [1.807, 2.05) is 42.8 Å². The van der Waals surface area contributed by atoms with E-state index < -0.39 is 7.14 Å². The van der Waals surface area contributed by atoms with Crippen molar-refractivity contribution in [3.05, 3.63) is 30.6 Å². The van der Waals surface area contributed by atoms with Gasteiger partial charge in [-0.3, -0.25) is 0 Å². The summed E-state index contributed by atoms with van der Waals surface area (Å²) in [4.78, 5) is 10.0. The molecule has 4 rings (SSSR count). The fourth-order valence-corrected chi connectivity index (χ4v) is 5.75. The lowest BCUT2D eigenvalue weighted by Gasteiger charge is -2.34. The van der Waals surface area contributed by atoms with Gasteiger partial charge in [-0.15, -0.1) is 5.10 Å². The van der Waals surface area contributed by atoms with Crippen LogP contribution in [0.3, 0.4) is 0 Å². The fourth-order valence-electron chi connectivity index (χ4n) is 3.70. The first-order valence-corrected chi connectivity index (χ1v) is 11.6. The second-order valence-corrected chi connectivity index (χ2v) is 10.5. The number of ether oxygens (including phenoxy) is 1. The van der Waals surface area contributed by atoms with Crippen molar-refractivity contribution in [2.75, 3.05) is 37.0 Å². The van der Waals surface area contributed by atoms with Crippen LogP contribution in [0.4, 0.5) is 5.82 Å². The molecule has 0 aromatic carbocycles. The number of imidazole rings is 1. The van der Waals surface area contributed by atoms with E-state index in [2.05, 4.69) is 21.8 Å². The lowest BCUT2D eigenvalue weighted by atomic mass is 10.2. The molecule has 144 valence electrons. The Kier molecular flexibility index (Phi) is 4.82. The summed E-state index contributed by atoms with van der Waals surface area (Å²) in [5.41, 5.74) is 1.72. The van der Waals surface area contributed by atoms with Gasteiger partial charge in [0.1, 0.15) is 7.14 Å². The number of nitrogens with zero attached hydrogens (tertiary/aromatic N) is 4. The van der Waals surface area contributed by atoms with Crippen molar-refractivity contribution in [1.29, 1.82) is 0 Å². The van der Waals surface area contributed by atoms with E-state index in [4.69, 9.17) is 9.84 Å². The van der Waals surface area contributed by atoms with Crippen LogP contribution in [0.25, 0.3) is 17.0 Å². The molecule has 1 fully saturated rings. The minimum absolute atomic E-state index is 0.219. The number of H-pyrrole nitrogens is 1. The van der Waals surface area contributed by atoms with Crippen LogP contribution < -0.4 is 10.2 Å². The summed E-state index contributed by atoms with van der Waals surface area (Å²) < 4.78 is 21.1. The highest BCUT2D eigenvalue weighted by Gasteiger charge is 2.29. The predicted octanol–water partition coefficient (Wildman–Crippen LogP) is 2.98.